The molecule has 0 atom stereocenters. The first kappa shape index (κ1) is 14.3. The third-order valence-electron chi connectivity index (χ3n) is 3.59. The van der Waals surface area contributed by atoms with Crippen molar-refractivity contribution >= 4 is 17.3 Å². The Bertz CT molecular complexity index is 496. The van der Waals surface area contributed by atoms with Crippen LogP contribution in [-0.4, -0.2) is 22.9 Å². The van der Waals surface area contributed by atoms with Crippen LogP contribution in [0.15, 0.2) is 24.3 Å². The SMILES string of the molecule is CC(=O)NC1CCC(Nc2ccccc2[N+](=O)[O-])CC1. The monoisotopic (exact) mass is 277 g/mol. The van der Waals surface area contributed by atoms with E-state index < -0.39 is 0 Å². The zero-order chi connectivity index (χ0) is 14.5. The van der Waals surface area contributed by atoms with Crippen molar-refractivity contribution in [2.75, 3.05) is 5.32 Å². The van der Waals surface area contributed by atoms with E-state index in [1.807, 2.05) is 0 Å². The van der Waals surface area contributed by atoms with Gasteiger partial charge in [-0.05, 0) is 31.7 Å². The highest BCUT2D eigenvalue weighted by molar-refractivity contribution is 5.73. The molecule has 2 N–H and O–H groups in total. The van der Waals surface area contributed by atoms with E-state index in [1.165, 1.54) is 13.0 Å². The van der Waals surface area contributed by atoms with Crippen molar-refractivity contribution in [3.8, 4) is 0 Å². The summed E-state index contributed by atoms with van der Waals surface area (Å²) >= 11 is 0. The molecule has 6 heteroatoms. The molecule has 0 heterocycles. The zero-order valence-electron chi connectivity index (χ0n) is 11.5. The average Bonchev–Trinajstić information content (AvgIpc) is 2.41. The Kier molecular flexibility index (Phi) is 4.55. The lowest BCUT2D eigenvalue weighted by molar-refractivity contribution is -0.384. The van der Waals surface area contributed by atoms with Crippen LogP contribution in [0.5, 0.6) is 0 Å². The first-order valence-corrected chi connectivity index (χ1v) is 6.83. The number of hydrogen-bond donors (Lipinski definition) is 2. The number of benzene rings is 1. The standard InChI is InChI=1S/C14H19N3O3/c1-10(18)15-11-6-8-12(9-7-11)16-13-4-2-3-5-14(13)17(19)20/h2-5,11-12,16H,6-9H2,1H3,(H,15,18). The largest absolute Gasteiger partial charge is 0.377 e. The molecule has 0 unspecified atom stereocenters. The maximum Gasteiger partial charge on any atom is 0.292 e. The highest BCUT2D eigenvalue weighted by Crippen LogP contribution is 2.28. The number of nitro groups is 1. The predicted octanol–water partition coefficient (Wildman–Crippen LogP) is 2.45. The topological polar surface area (TPSA) is 84.3 Å². The summed E-state index contributed by atoms with van der Waals surface area (Å²) in [6.07, 6.45) is 3.60. The van der Waals surface area contributed by atoms with Crippen LogP contribution in [0, 0.1) is 10.1 Å². The van der Waals surface area contributed by atoms with Gasteiger partial charge in [0.15, 0.2) is 0 Å². The Labute approximate surface area is 117 Å². The summed E-state index contributed by atoms with van der Waals surface area (Å²) in [4.78, 5) is 21.6. The van der Waals surface area contributed by atoms with Crippen LogP contribution in [0.2, 0.25) is 0 Å². The smallest absolute Gasteiger partial charge is 0.292 e. The number of nitrogens with one attached hydrogen (secondary N) is 2. The van der Waals surface area contributed by atoms with Crippen LogP contribution in [-0.2, 0) is 4.79 Å². The van der Waals surface area contributed by atoms with E-state index in [-0.39, 0.29) is 28.6 Å². The van der Waals surface area contributed by atoms with E-state index in [0.717, 1.165) is 25.7 Å². The molecule has 1 aromatic carbocycles. The van der Waals surface area contributed by atoms with E-state index >= 15 is 0 Å². The first-order chi connectivity index (χ1) is 9.56. The molecule has 1 aromatic rings. The van der Waals surface area contributed by atoms with Gasteiger partial charge >= 0.3 is 0 Å². The number of nitro benzene ring substituents is 1. The molecule has 1 saturated carbocycles. The van der Waals surface area contributed by atoms with Crippen molar-refractivity contribution in [2.45, 2.75) is 44.7 Å². The van der Waals surface area contributed by atoms with E-state index in [9.17, 15) is 14.9 Å². The fourth-order valence-corrected chi connectivity index (χ4v) is 2.64. The summed E-state index contributed by atoms with van der Waals surface area (Å²) in [5, 5.41) is 17.1. The lowest BCUT2D eigenvalue weighted by Crippen LogP contribution is -2.39. The summed E-state index contributed by atoms with van der Waals surface area (Å²) < 4.78 is 0. The van der Waals surface area contributed by atoms with Gasteiger partial charge in [-0.2, -0.15) is 0 Å². The molecule has 0 saturated heterocycles. The van der Waals surface area contributed by atoms with Crippen molar-refractivity contribution in [3.05, 3.63) is 34.4 Å². The molecule has 0 aromatic heterocycles. The number of amides is 1. The Morgan fingerprint density at radius 2 is 1.80 bits per heavy atom. The van der Waals surface area contributed by atoms with E-state index in [0.29, 0.717) is 5.69 Å². The molecular formula is C14H19N3O3. The fourth-order valence-electron chi connectivity index (χ4n) is 2.64. The van der Waals surface area contributed by atoms with Crippen LogP contribution in [0.3, 0.4) is 0 Å². The fraction of sp³-hybridized carbons (Fsp3) is 0.500. The van der Waals surface area contributed by atoms with Crippen molar-refractivity contribution in [1.82, 2.24) is 5.32 Å². The maximum absolute atomic E-state index is 11.0. The molecule has 1 aliphatic rings. The first-order valence-electron chi connectivity index (χ1n) is 6.83. The van der Waals surface area contributed by atoms with Crippen molar-refractivity contribution in [2.24, 2.45) is 0 Å². The Morgan fingerprint density at radius 1 is 1.20 bits per heavy atom. The molecule has 1 fully saturated rings. The summed E-state index contributed by atoms with van der Waals surface area (Å²) in [6, 6.07) is 7.15. The second-order valence-corrected chi connectivity index (χ2v) is 5.17. The summed E-state index contributed by atoms with van der Waals surface area (Å²) in [6.45, 7) is 1.53. The lowest BCUT2D eigenvalue weighted by atomic mass is 9.91. The Balaban J connectivity index is 1.93. The van der Waals surface area contributed by atoms with Crippen LogP contribution in [0.25, 0.3) is 0 Å². The van der Waals surface area contributed by atoms with Gasteiger partial charge in [0.05, 0.1) is 4.92 Å². The minimum absolute atomic E-state index is 0.0000985. The van der Waals surface area contributed by atoms with Crippen LogP contribution >= 0.6 is 0 Å². The molecule has 20 heavy (non-hydrogen) atoms. The molecule has 0 spiro atoms. The number of rotatable bonds is 4. The summed E-state index contributed by atoms with van der Waals surface area (Å²) in [5.41, 5.74) is 0.678. The van der Waals surface area contributed by atoms with Crippen LogP contribution in [0.1, 0.15) is 32.6 Å². The van der Waals surface area contributed by atoms with Gasteiger partial charge in [0, 0.05) is 25.1 Å². The number of anilines is 1. The summed E-state index contributed by atoms with van der Waals surface area (Å²) in [7, 11) is 0. The van der Waals surface area contributed by atoms with Crippen molar-refractivity contribution in [1.29, 1.82) is 0 Å². The quantitative estimate of drug-likeness (QED) is 0.654. The Hall–Kier alpha value is -2.11. The number of carbonyl (C=O) groups excluding carboxylic acids is 1. The second-order valence-electron chi connectivity index (χ2n) is 5.17. The lowest BCUT2D eigenvalue weighted by Gasteiger charge is -2.29. The highest BCUT2D eigenvalue weighted by Gasteiger charge is 2.23. The third-order valence-corrected chi connectivity index (χ3v) is 3.59. The molecule has 0 bridgehead atoms. The van der Waals surface area contributed by atoms with E-state index in [1.54, 1.807) is 18.2 Å². The molecule has 1 amide bonds. The van der Waals surface area contributed by atoms with Gasteiger partial charge in [-0.25, -0.2) is 0 Å². The molecule has 1 aliphatic carbocycles. The molecule has 0 aliphatic heterocycles. The van der Waals surface area contributed by atoms with Crippen molar-refractivity contribution in [3.63, 3.8) is 0 Å². The normalized spacial score (nSPS) is 22.1. The van der Waals surface area contributed by atoms with Gasteiger partial charge in [-0.3, -0.25) is 14.9 Å². The average molecular weight is 277 g/mol. The van der Waals surface area contributed by atoms with Gasteiger partial charge in [0.25, 0.3) is 5.69 Å². The number of carbonyl (C=O) groups is 1. The highest BCUT2D eigenvalue weighted by atomic mass is 16.6. The molecule has 6 nitrogen and oxygen atoms in total. The van der Waals surface area contributed by atoms with Crippen LogP contribution in [0.4, 0.5) is 11.4 Å². The summed E-state index contributed by atoms with van der Waals surface area (Å²) in [5.74, 6) is 0.0000985. The molecule has 2 rings (SSSR count). The zero-order valence-corrected chi connectivity index (χ0v) is 11.5. The van der Waals surface area contributed by atoms with E-state index in [4.69, 9.17) is 0 Å². The van der Waals surface area contributed by atoms with E-state index in [2.05, 4.69) is 10.6 Å². The maximum atomic E-state index is 11.0. The number of nitrogens with zero attached hydrogens (tertiary/aromatic N) is 1. The number of para-hydroxylation sites is 2. The molecular weight excluding hydrogens is 258 g/mol. The van der Waals surface area contributed by atoms with Gasteiger partial charge in [-0.15, -0.1) is 0 Å². The van der Waals surface area contributed by atoms with Gasteiger partial charge in [0.2, 0.25) is 5.91 Å². The van der Waals surface area contributed by atoms with Gasteiger partial charge in [0.1, 0.15) is 5.69 Å². The predicted molar refractivity (Wildman–Crippen MR) is 76.6 cm³/mol. The van der Waals surface area contributed by atoms with Gasteiger partial charge in [-0.1, -0.05) is 12.1 Å². The van der Waals surface area contributed by atoms with Gasteiger partial charge < -0.3 is 10.6 Å². The number of hydrogen-bond acceptors (Lipinski definition) is 4. The minimum Gasteiger partial charge on any atom is -0.377 e. The molecule has 108 valence electrons. The third kappa shape index (κ3) is 3.69. The second kappa shape index (κ2) is 6.36. The Morgan fingerprint density at radius 3 is 2.40 bits per heavy atom. The van der Waals surface area contributed by atoms with Crippen molar-refractivity contribution < 1.29 is 9.72 Å². The van der Waals surface area contributed by atoms with Crippen LogP contribution < -0.4 is 10.6 Å². The minimum atomic E-state index is -0.370. The molecule has 0 radical (unpaired) electrons.